The number of carbonyl (C=O) groups is 2. The molecule has 0 unspecified atom stereocenters. The minimum Gasteiger partial charge on any atom is -0.497 e. The molecule has 0 aliphatic carbocycles. The van der Waals surface area contributed by atoms with Gasteiger partial charge in [0.2, 0.25) is 0 Å². The van der Waals surface area contributed by atoms with Gasteiger partial charge in [-0.25, -0.2) is 0 Å². The van der Waals surface area contributed by atoms with Crippen molar-refractivity contribution in [2.75, 3.05) is 27.4 Å². The molecule has 2 rings (SSSR count). The number of carbonyl (C=O) groups excluding carboxylic acids is 2. The minimum absolute atomic E-state index is 0.182. The molecule has 0 aliphatic heterocycles. The molecule has 0 bridgehead atoms. The predicted molar refractivity (Wildman–Crippen MR) is 93.0 cm³/mol. The Balaban J connectivity index is 1.71. The first-order valence-corrected chi connectivity index (χ1v) is 7.83. The Bertz CT molecular complexity index is 712. The van der Waals surface area contributed by atoms with Crippen LogP contribution in [0.3, 0.4) is 0 Å². The molecular weight excluding hydrogens is 322 g/mol. The third kappa shape index (κ3) is 5.84. The summed E-state index contributed by atoms with van der Waals surface area (Å²) >= 11 is 0. The third-order valence-electron chi connectivity index (χ3n) is 3.54. The molecular formula is C19H21NO5. The molecule has 0 atom stereocenters. The maximum Gasteiger partial charge on any atom is 0.325 e. The molecule has 0 heterocycles. The first kappa shape index (κ1) is 18.3. The van der Waals surface area contributed by atoms with Crippen LogP contribution in [0.25, 0.3) is 0 Å². The van der Waals surface area contributed by atoms with E-state index < -0.39 is 5.97 Å². The number of hydrogen-bond acceptors (Lipinski definition) is 5. The zero-order valence-electron chi connectivity index (χ0n) is 14.3. The van der Waals surface area contributed by atoms with E-state index in [0.717, 1.165) is 11.3 Å². The maximum atomic E-state index is 12.0. The van der Waals surface area contributed by atoms with E-state index in [4.69, 9.17) is 14.2 Å². The van der Waals surface area contributed by atoms with Crippen molar-refractivity contribution >= 4 is 11.9 Å². The van der Waals surface area contributed by atoms with Crippen molar-refractivity contribution in [2.45, 2.75) is 6.42 Å². The summed E-state index contributed by atoms with van der Waals surface area (Å²) in [5.41, 5.74) is 1.46. The van der Waals surface area contributed by atoms with Gasteiger partial charge in [-0.15, -0.1) is 0 Å². The van der Waals surface area contributed by atoms with Crippen LogP contribution in [0.1, 0.15) is 15.9 Å². The standard InChI is InChI=1S/C19H21NO5/c1-23-16-8-6-14(7-9-16)10-11-25-18(21)13-20-19(22)15-4-3-5-17(12-15)24-2/h3-9,12H,10-11,13H2,1-2H3,(H,20,22). The van der Waals surface area contributed by atoms with Gasteiger partial charge in [-0.3, -0.25) is 9.59 Å². The summed E-state index contributed by atoms with van der Waals surface area (Å²) in [7, 11) is 3.13. The highest BCUT2D eigenvalue weighted by molar-refractivity contribution is 5.96. The fourth-order valence-corrected chi connectivity index (χ4v) is 2.14. The molecule has 2 aromatic carbocycles. The van der Waals surface area contributed by atoms with E-state index in [2.05, 4.69) is 5.32 Å². The van der Waals surface area contributed by atoms with Crippen molar-refractivity contribution in [3.8, 4) is 11.5 Å². The number of nitrogens with one attached hydrogen (secondary N) is 1. The van der Waals surface area contributed by atoms with Gasteiger partial charge in [-0.1, -0.05) is 18.2 Å². The molecule has 0 aromatic heterocycles. The van der Waals surface area contributed by atoms with Crippen LogP contribution >= 0.6 is 0 Å². The second kappa shape index (κ2) is 9.32. The molecule has 1 amide bonds. The van der Waals surface area contributed by atoms with Gasteiger partial charge < -0.3 is 19.5 Å². The summed E-state index contributed by atoms with van der Waals surface area (Å²) < 4.78 is 15.3. The van der Waals surface area contributed by atoms with Crippen LogP contribution in [0.2, 0.25) is 0 Å². The van der Waals surface area contributed by atoms with Crippen molar-refractivity contribution in [2.24, 2.45) is 0 Å². The Morgan fingerprint density at radius 2 is 1.68 bits per heavy atom. The fraction of sp³-hybridized carbons (Fsp3) is 0.263. The van der Waals surface area contributed by atoms with Gasteiger partial charge in [0.25, 0.3) is 5.91 Å². The third-order valence-corrected chi connectivity index (χ3v) is 3.54. The second-order valence-electron chi connectivity index (χ2n) is 5.23. The van der Waals surface area contributed by atoms with E-state index in [9.17, 15) is 9.59 Å². The van der Waals surface area contributed by atoms with E-state index in [1.807, 2.05) is 24.3 Å². The van der Waals surface area contributed by atoms with Gasteiger partial charge in [0.15, 0.2) is 0 Å². The SMILES string of the molecule is COc1ccc(CCOC(=O)CNC(=O)c2cccc(OC)c2)cc1. The molecule has 25 heavy (non-hydrogen) atoms. The van der Waals surface area contributed by atoms with E-state index in [1.54, 1.807) is 31.4 Å². The summed E-state index contributed by atoms with van der Waals surface area (Å²) in [6.07, 6.45) is 0.597. The zero-order chi connectivity index (χ0) is 18.1. The molecule has 6 heteroatoms. The number of benzene rings is 2. The zero-order valence-corrected chi connectivity index (χ0v) is 14.3. The Kier molecular flexibility index (Phi) is 6.83. The smallest absolute Gasteiger partial charge is 0.325 e. The van der Waals surface area contributed by atoms with E-state index in [1.165, 1.54) is 7.11 Å². The van der Waals surface area contributed by atoms with Gasteiger partial charge in [0.1, 0.15) is 18.0 Å². The van der Waals surface area contributed by atoms with Gasteiger partial charge >= 0.3 is 5.97 Å². The largest absolute Gasteiger partial charge is 0.497 e. The molecule has 0 saturated heterocycles. The molecule has 2 aromatic rings. The van der Waals surface area contributed by atoms with Crippen molar-refractivity contribution in [3.63, 3.8) is 0 Å². The van der Waals surface area contributed by atoms with Gasteiger partial charge in [0, 0.05) is 12.0 Å². The summed E-state index contributed by atoms with van der Waals surface area (Å²) in [6, 6.07) is 14.2. The average molecular weight is 343 g/mol. The van der Waals surface area contributed by atoms with E-state index >= 15 is 0 Å². The normalized spacial score (nSPS) is 10.0. The lowest BCUT2D eigenvalue weighted by atomic mass is 10.1. The van der Waals surface area contributed by atoms with Crippen LogP contribution in [0.5, 0.6) is 11.5 Å². The van der Waals surface area contributed by atoms with Crippen LogP contribution in [0, 0.1) is 0 Å². The monoisotopic (exact) mass is 343 g/mol. The number of rotatable bonds is 8. The van der Waals surface area contributed by atoms with Crippen molar-refractivity contribution in [1.82, 2.24) is 5.32 Å². The number of ether oxygens (including phenoxy) is 3. The Morgan fingerprint density at radius 1 is 0.960 bits per heavy atom. The summed E-state index contributed by atoms with van der Waals surface area (Å²) in [5, 5.41) is 2.53. The quantitative estimate of drug-likeness (QED) is 0.744. The summed E-state index contributed by atoms with van der Waals surface area (Å²) in [4.78, 5) is 23.7. The first-order valence-electron chi connectivity index (χ1n) is 7.83. The highest BCUT2D eigenvalue weighted by atomic mass is 16.5. The molecule has 0 aliphatic rings. The summed E-state index contributed by atoms with van der Waals surface area (Å²) in [6.45, 7) is 0.0683. The van der Waals surface area contributed by atoms with Crippen molar-refractivity contribution < 1.29 is 23.8 Å². The number of methoxy groups -OCH3 is 2. The molecule has 1 N–H and O–H groups in total. The van der Waals surface area contributed by atoms with Crippen LogP contribution in [0.15, 0.2) is 48.5 Å². The van der Waals surface area contributed by atoms with Gasteiger partial charge in [-0.05, 0) is 35.9 Å². The highest BCUT2D eigenvalue weighted by Gasteiger charge is 2.09. The van der Waals surface area contributed by atoms with Crippen molar-refractivity contribution in [1.29, 1.82) is 0 Å². The second-order valence-corrected chi connectivity index (χ2v) is 5.23. The Hall–Kier alpha value is -3.02. The lowest BCUT2D eigenvalue weighted by molar-refractivity contribution is -0.142. The molecule has 0 fully saturated rings. The molecule has 6 nitrogen and oxygen atoms in total. The fourth-order valence-electron chi connectivity index (χ4n) is 2.14. The number of hydrogen-bond donors (Lipinski definition) is 1. The molecule has 0 spiro atoms. The first-order chi connectivity index (χ1) is 12.1. The summed E-state index contributed by atoms with van der Waals surface area (Å²) in [5.74, 6) is 0.520. The van der Waals surface area contributed by atoms with Crippen molar-refractivity contribution in [3.05, 3.63) is 59.7 Å². The van der Waals surface area contributed by atoms with Crippen LogP contribution in [-0.2, 0) is 16.0 Å². The predicted octanol–water partition coefficient (Wildman–Crippen LogP) is 2.22. The van der Waals surface area contributed by atoms with Gasteiger partial charge in [0.05, 0.1) is 20.8 Å². The van der Waals surface area contributed by atoms with Gasteiger partial charge in [-0.2, -0.15) is 0 Å². The maximum absolute atomic E-state index is 12.0. The van der Waals surface area contributed by atoms with E-state index in [-0.39, 0.29) is 19.1 Å². The molecule has 132 valence electrons. The van der Waals surface area contributed by atoms with E-state index in [0.29, 0.717) is 17.7 Å². The van der Waals surface area contributed by atoms with Crippen LogP contribution in [-0.4, -0.2) is 39.2 Å². The number of amides is 1. The Labute approximate surface area is 146 Å². The minimum atomic E-state index is -0.482. The van der Waals surface area contributed by atoms with Crippen LogP contribution in [0.4, 0.5) is 0 Å². The highest BCUT2D eigenvalue weighted by Crippen LogP contribution is 2.12. The van der Waals surface area contributed by atoms with Crippen LogP contribution < -0.4 is 14.8 Å². The lowest BCUT2D eigenvalue weighted by Crippen LogP contribution is -2.30. The lowest BCUT2D eigenvalue weighted by Gasteiger charge is -2.08. The topological polar surface area (TPSA) is 73.9 Å². The Morgan fingerprint density at radius 3 is 2.36 bits per heavy atom. The number of esters is 1. The average Bonchev–Trinajstić information content (AvgIpc) is 2.66. The molecule has 0 saturated carbocycles. The molecule has 0 radical (unpaired) electrons.